The zero-order chi connectivity index (χ0) is 12.3. The molecule has 1 aliphatic carbocycles. The largest absolute Gasteiger partial charge is 0.346 e. The van der Waals surface area contributed by atoms with E-state index < -0.39 is 0 Å². The zero-order valence-corrected chi connectivity index (χ0v) is 10.0. The van der Waals surface area contributed by atoms with Gasteiger partial charge in [0.2, 0.25) is 11.8 Å². The van der Waals surface area contributed by atoms with Crippen molar-refractivity contribution >= 4 is 5.91 Å². The Hall–Kier alpha value is -1.43. The summed E-state index contributed by atoms with van der Waals surface area (Å²) in [5.74, 6) is 1.01. The van der Waals surface area contributed by atoms with Crippen LogP contribution in [0.1, 0.15) is 37.4 Å². The molecule has 1 aliphatic rings. The molecule has 94 valence electrons. The first-order chi connectivity index (χ1) is 8.16. The number of rotatable bonds is 4. The van der Waals surface area contributed by atoms with Gasteiger partial charge >= 0.3 is 0 Å². The van der Waals surface area contributed by atoms with Gasteiger partial charge in [0.25, 0.3) is 0 Å². The molecule has 0 aromatic carbocycles. The summed E-state index contributed by atoms with van der Waals surface area (Å²) in [5, 5.41) is 6.50. The van der Waals surface area contributed by atoms with Crippen molar-refractivity contribution in [3.8, 4) is 0 Å². The van der Waals surface area contributed by atoms with Gasteiger partial charge in [-0.15, -0.1) is 0 Å². The van der Waals surface area contributed by atoms with Crippen molar-refractivity contribution in [2.45, 2.75) is 39.2 Å². The number of amides is 1. The molecular formula is C11H18N4O2. The molecule has 1 saturated carbocycles. The van der Waals surface area contributed by atoms with Gasteiger partial charge in [-0.1, -0.05) is 18.0 Å². The van der Waals surface area contributed by atoms with E-state index in [0.29, 0.717) is 18.3 Å². The molecule has 0 unspecified atom stereocenters. The Morgan fingerprint density at radius 1 is 1.53 bits per heavy atom. The average molecular weight is 238 g/mol. The van der Waals surface area contributed by atoms with Crippen molar-refractivity contribution in [2.24, 2.45) is 11.1 Å². The number of nitrogens with two attached hydrogens (primary N) is 1. The first-order valence-corrected chi connectivity index (χ1v) is 5.94. The minimum absolute atomic E-state index is 0.00773. The topological polar surface area (TPSA) is 94.0 Å². The lowest BCUT2D eigenvalue weighted by Gasteiger charge is -2.25. The van der Waals surface area contributed by atoms with Gasteiger partial charge in [0.1, 0.15) is 0 Å². The third kappa shape index (κ3) is 2.46. The highest BCUT2D eigenvalue weighted by Gasteiger charge is 2.39. The monoisotopic (exact) mass is 238 g/mol. The molecule has 1 heterocycles. The maximum atomic E-state index is 12.1. The molecule has 0 atom stereocenters. The summed E-state index contributed by atoms with van der Waals surface area (Å²) in [6, 6.07) is 0. The normalized spacial score (nSPS) is 18.2. The zero-order valence-electron chi connectivity index (χ0n) is 10.0. The third-order valence-corrected chi connectivity index (χ3v) is 3.40. The lowest BCUT2D eigenvalue weighted by atomic mass is 9.85. The smallest absolute Gasteiger partial charge is 0.246 e. The van der Waals surface area contributed by atoms with E-state index in [0.717, 1.165) is 25.7 Å². The minimum atomic E-state index is -0.380. The first-order valence-electron chi connectivity index (χ1n) is 5.94. The summed E-state index contributed by atoms with van der Waals surface area (Å²) in [6.07, 6.45) is 3.89. The van der Waals surface area contributed by atoms with E-state index >= 15 is 0 Å². The van der Waals surface area contributed by atoms with Crippen molar-refractivity contribution in [3.63, 3.8) is 0 Å². The van der Waals surface area contributed by atoms with Gasteiger partial charge in [-0.3, -0.25) is 4.79 Å². The number of nitrogens with zero attached hydrogens (tertiary/aromatic N) is 2. The van der Waals surface area contributed by atoms with Gasteiger partial charge in [-0.25, -0.2) is 0 Å². The van der Waals surface area contributed by atoms with Crippen molar-refractivity contribution < 1.29 is 9.32 Å². The number of nitrogens with one attached hydrogen (secondary N) is 1. The molecule has 0 saturated heterocycles. The number of aromatic nitrogens is 2. The van der Waals surface area contributed by atoms with E-state index in [9.17, 15) is 4.79 Å². The van der Waals surface area contributed by atoms with E-state index in [2.05, 4.69) is 15.5 Å². The lowest BCUT2D eigenvalue weighted by Crippen LogP contribution is -2.43. The Labute approximate surface area is 99.9 Å². The fourth-order valence-electron chi connectivity index (χ4n) is 2.33. The Morgan fingerprint density at radius 3 is 2.76 bits per heavy atom. The van der Waals surface area contributed by atoms with Gasteiger partial charge < -0.3 is 15.6 Å². The molecule has 6 nitrogen and oxygen atoms in total. The van der Waals surface area contributed by atoms with Crippen molar-refractivity contribution in [1.29, 1.82) is 0 Å². The summed E-state index contributed by atoms with van der Waals surface area (Å²) < 4.78 is 4.94. The molecule has 2 rings (SSSR count). The van der Waals surface area contributed by atoms with E-state index in [1.54, 1.807) is 6.92 Å². The second kappa shape index (κ2) is 4.83. The van der Waals surface area contributed by atoms with Crippen LogP contribution in [0.5, 0.6) is 0 Å². The quantitative estimate of drug-likeness (QED) is 0.797. The average Bonchev–Trinajstić information content (AvgIpc) is 2.95. The van der Waals surface area contributed by atoms with Gasteiger partial charge in [0, 0.05) is 6.54 Å². The van der Waals surface area contributed by atoms with Crippen LogP contribution in [0.15, 0.2) is 4.52 Å². The third-order valence-electron chi connectivity index (χ3n) is 3.40. The van der Waals surface area contributed by atoms with Crippen molar-refractivity contribution in [2.75, 3.05) is 6.54 Å². The maximum absolute atomic E-state index is 12.1. The molecule has 1 fully saturated rings. The number of hydrogen-bond acceptors (Lipinski definition) is 5. The minimum Gasteiger partial charge on any atom is -0.346 e. The second-order valence-corrected chi connectivity index (χ2v) is 4.61. The molecule has 1 aromatic rings. The second-order valence-electron chi connectivity index (χ2n) is 4.61. The van der Waals surface area contributed by atoms with Crippen LogP contribution < -0.4 is 11.1 Å². The molecule has 0 radical (unpaired) electrons. The maximum Gasteiger partial charge on any atom is 0.246 e. The van der Waals surface area contributed by atoms with Gasteiger partial charge in [0.15, 0.2) is 5.82 Å². The number of carbonyl (C=O) groups is 1. The van der Waals surface area contributed by atoms with E-state index in [-0.39, 0.29) is 17.9 Å². The van der Waals surface area contributed by atoms with Gasteiger partial charge in [-0.05, 0) is 19.8 Å². The fraction of sp³-hybridized carbons (Fsp3) is 0.727. The highest BCUT2D eigenvalue weighted by atomic mass is 16.5. The molecule has 0 bridgehead atoms. The molecule has 17 heavy (non-hydrogen) atoms. The van der Waals surface area contributed by atoms with Crippen LogP contribution in [-0.2, 0) is 11.3 Å². The predicted molar refractivity (Wildman–Crippen MR) is 60.8 cm³/mol. The number of hydrogen-bond donors (Lipinski definition) is 2. The van der Waals surface area contributed by atoms with E-state index in [1.165, 1.54) is 0 Å². The van der Waals surface area contributed by atoms with Crippen LogP contribution in [0, 0.1) is 12.3 Å². The fourth-order valence-corrected chi connectivity index (χ4v) is 2.33. The standard InChI is InChI=1S/C11H18N4O2/c1-8-14-9(17-15-8)6-13-10(16)11(7-12)4-2-3-5-11/h2-7,12H2,1H3,(H,13,16). The number of carbonyl (C=O) groups excluding carboxylic acids is 1. The molecule has 3 N–H and O–H groups in total. The number of aryl methyl sites for hydroxylation is 1. The van der Waals surface area contributed by atoms with Crippen LogP contribution in [0.4, 0.5) is 0 Å². The molecular weight excluding hydrogens is 220 g/mol. The van der Waals surface area contributed by atoms with E-state index in [4.69, 9.17) is 10.3 Å². The van der Waals surface area contributed by atoms with Crippen LogP contribution in [0.3, 0.4) is 0 Å². The van der Waals surface area contributed by atoms with Crippen molar-refractivity contribution in [1.82, 2.24) is 15.5 Å². The Balaban J connectivity index is 1.92. The Kier molecular flexibility index (Phi) is 3.42. The lowest BCUT2D eigenvalue weighted by molar-refractivity contribution is -0.130. The van der Waals surface area contributed by atoms with Crippen LogP contribution >= 0.6 is 0 Å². The summed E-state index contributed by atoms with van der Waals surface area (Å²) in [6.45, 7) is 2.43. The summed E-state index contributed by atoms with van der Waals surface area (Å²) in [7, 11) is 0. The highest BCUT2D eigenvalue weighted by Crippen LogP contribution is 2.37. The van der Waals surface area contributed by atoms with E-state index in [1.807, 2.05) is 0 Å². The van der Waals surface area contributed by atoms with Crippen LogP contribution in [0.2, 0.25) is 0 Å². The Bertz CT molecular complexity index is 396. The first kappa shape index (κ1) is 12.0. The summed E-state index contributed by atoms with van der Waals surface area (Å²) >= 11 is 0. The molecule has 0 spiro atoms. The highest BCUT2D eigenvalue weighted by molar-refractivity contribution is 5.83. The van der Waals surface area contributed by atoms with Crippen LogP contribution in [-0.4, -0.2) is 22.6 Å². The van der Waals surface area contributed by atoms with Gasteiger partial charge in [0.05, 0.1) is 12.0 Å². The molecule has 6 heteroatoms. The molecule has 1 amide bonds. The molecule has 1 aromatic heterocycles. The summed E-state index contributed by atoms with van der Waals surface area (Å²) in [4.78, 5) is 16.1. The predicted octanol–water partition coefficient (Wildman–Crippen LogP) is 0.513. The van der Waals surface area contributed by atoms with Crippen molar-refractivity contribution in [3.05, 3.63) is 11.7 Å². The van der Waals surface area contributed by atoms with Crippen LogP contribution in [0.25, 0.3) is 0 Å². The summed E-state index contributed by atoms with van der Waals surface area (Å²) in [5.41, 5.74) is 5.35. The molecule has 0 aliphatic heterocycles. The SMILES string of the molecule is Cc1noc(CNC(=O)C2(CN)CCCC2)n1. The Morgan fingerprint density at radius 2 is 2.24 bits per heavy atom. The van der Waals surface area contributed by atoms with Gasteiger partial charge in [-0.2, -0.15) is 4.98 Å².